The van der Waals surface area contributed by atoms with Crippen LogP contribution < -0.4 is 15.4 Å². The van der Waals surface area contributed by atoms with Gasteiger partial charge in [-0.2, -0.15) is 5.26 Å². The highest BCUT2D eigenvalue weighted by Crippen LogP contribution is 2.32. The molecular weight excluding hydrogens is 463 g/mol. The van der Waals surface area contributed by atoms with E-state index < -0.39 is 5.60 Å². The number of carbonyl (C=O) groups excluding carboxylic acids is 1. The molecule has 2 rings (SSSR count). The van der Waals surface area contributed by atoms with Crippen LogP contribution in [0.3, 0.4) is 0 Å². The molecule has 33 heavy (non-hydrogen) atoms. The minimum absolute atomic E-state index is 0.114. The number of benzene rings is 1. The molecule has 1 atom stereocenters. The van der Waals surface area contributed by atoms with Crippen molar-refractivity contribution in [3.63, 3.8) is 0 Å². The van der Waals surface area contributed by atoms with Gasteiger partial charge in [-0.1, -0.05) is 24.6 Å². The molecule has 1 aliphatic rings. The Morgan fingerprint density at radius 2 is 2.09 bits per heavy atom. The molecule has 1 amide bonds. The molecule has 1 aromatic rings. The van der Waals surface area contributed by atoms with Gasteiger partial charge in [0.25, 0.3) is 0 Å². The maximum atomic E-state index is 11.9. The second-order valence-electron chi connectivity index (χ2n) is 9.09. The number of carbonyl (C=O) groups is 1. The predicted octanol–water partition coefficient (Wildman–Crippen LogP) is 5.52. The zero-order valence-corrected chi connectivity index (χ0v) is 21.5. The molecule has 0 aromatic heterocycles. The van der Waals surface area contributed by atoms with Gasteiger partial charge in [0.15, 0.2) is 5.75 Å². The van der Waals surface area contributed by atoms with E-state index in [0.717, 1.165) is 37.3 Å². The van der Waals surface area contributed by atoms with Gasteiger partial charge in [0, 0.05) is 30.5 Å². The molecule has 1 heterocycles. The SMILES string of the molecule is CCC(C/C=C(\C)Nc1cc(Cl)c(OCCCl)c(C#N)c1)N1CC(NC(=O)OC(C)(C)C)C1. The average molecular weight is 497 g/mol. The van der Waals surface area contributed by atoms with Crippen LogP contribution in [0.1, 0.15) is 53.0 Å². The van der Waals surface area contributed by atoms with E-state index in [4.69, 9.17) is 32.7 Å². The van der Waals surface area contributed by atoms with Crippen LogP contribution in [0.4, 0.5) is 10.5 Å². The number of hydrogen-bond donors (Lipinski definition) is 2. The van der Waals surface area contributed by atoms with E-state index in [1.54, 1.807) is 12.1 Å². The normalized spacial score (nSPS) is 15.9. The third kappa shape index (κ3) is 8.62. The molecule has 0 saturated carbocycles. The van der Waals surface area contributed by atoms with Crippen molar-refractivity contribution in [2.75, 3.05) is 30.9 Å². The Labute approximate surface area is 207 Å². The molecule has 7 nitrogen and oxygen atoms in total. The molecule has 0 aliphatic carbocycles. The van der Waals surface area contributed by atoms with Gasteiger partial charge in [-0.15, -0.1) is 11.6 Å². The summed E-state index contributed by atoms with van der Waals surface area (Å²) in [5.74, 6) is 0.668. The zero-order valence-electron chi connectivity index (χ0n) is 20.0. The third-order valence-electron chi connectivity index (χ3n) is 5.14. The number of likely N-dealkylation sites (tertiary alicyclic amines) is 1. The fraction of sp³-hybridized carbons (Fsp3) is 0.583. The second kappa shape index (κ2) is 12.4. The smallest absolute Gasteiger partial charge is 0.407 e. The lowest BCUT2D eigenvalue weighted by Gasteiger charge is -2.44. The van der Waals surface area contributed by atoms with E-state index in [0.29, 0.717) is 28.3 Å². The highest BCUT2D eigenvalue weighted by atomic mass is 35.5. The minimum atomic E-state index is -0.495. The van der Waals surface area contributed by atoms with Gasteiger partial charge in [-0.3, -0.25) is 4.90 Å². The van der Waals surface area contributed by atoms with E-state index in [9.17, 15) is 10.1 Å². The van der Waals surface area contributed by atoms with Crippen LogP contribution in [0, 0.1) is 11.3 Å². The van der Waals surface area contributed by atoms with Crippen molar-refractivity contribution in [3.8, 4) is 11.8 Å². The van der Waals surface area contributed by atoms with Gasteiger partial charge in [-0.25, -0.2) is 4.79 Å². The Kier molecular flexibility index (Phi) is 10.2. The molecule has 1 unspecified atom stereocenters. The minimum Gasteiger partial charge on any atom is -0.489 e. The van der Waals surface area contributed by atoms with Gasteiger partial charge in [-0.05, 0) is 52.7 Å². The topological polar surface area (TPSA) is 86.6 Å². The predicted molar refractivity (Wildman–Crippen MR) is 133 cm³/mol. The lowest BCUT2D eigenvalue weighted by atomic mass is 10.0. The van der Waals surface area contributed by atoms with Crippen LogP contribution in [0.15, 0.2) is 23.9 Å². The van der Waals surface area contributed by atoms with Crippen molar-refractivity contribution < 1.29 is 14.3 Å². The Hall–Kier alpha value is -2.14. The zero-order chi connectivity index (χ0) is 24.6. The van der Waals surface area contributed by atoms with E-state index in [2.05, 4.69) is 34.6 Å². The van der Waals surface area contributed by atoms with Crippen LogP contribution in [0.25, 0.3) is 0 Å². The number of nitrogens with one attached hydrogen (secondary N) is 2. The highest BCUT2D eigenvalue weighted by Gasteiger charge is 2.33. The van der Waals surface area contributed by atoms with Crippen LogP contribution >= 0.6 is 23.2 Å². The van der Waals surface area contributed by atoms with Crippen molar-refractivity contribution in [1.82, 2.24) is 10.2 Å². The number of nitriles is 1. The third-order valence-corrected chi connectivity index (χ3v) is 5.58. The largest absolute Gasteiger partial charge is 0.489 e. The van der Waals surface area contributed by atoms with E-state index in [1.807, 2.05) is 27.7 Å². The Balaban J connectivity index is 1.89. The van der Waals surface area contributed by atoms with Crippen molar-refractivity contribution in [3.05, 3.63) is 34.5 Å². The highest BCUT2D eigenvalue weighted by molar-refractivity contribution is 6.32. The summed E-state index contributed by atoms with van der Waals surface area (Å²) in [4.78, 5) is 14.3. The number of alkyl halides is 1. The first-order valence-electron chi connectivity index (χ1n) is 11.2. The molecule has 0 spiro atoms. The van der Waals surface area contributed by atoms with E-state index in [1.165, 1.54) is 0 Å². The Bertz CT molecular complexity index is 887. The number of hydrogen-bond acceptors (Lipinski definition) is 6. The number of halogens is 2. The molecule has 0 bridgehead atoms. The summed E-state index contributed by atoms with van der Waals surface area (Å²) in [6.07, 6.45) is 3.64. The van der Waals surface area contributed by atoms with Crippen molar-refractivity contribution in [2.24, 2.45) is 0 Å². The van der Waals surface area contributed by atoms with E-state index >= 15 is 0 Å². The lowest BCUT2D eigenvalue weighted by Crippen LogP contribution is -2.62. The van der Waals surface area contributed by atoms with Crippen molar-refractivity contribution in [1.29, 1.82) is 5.26 Å². The number of rotatable bonds is 10. The first-order chi connectivity index (χ1) is 15.6. The Morgan fingerprint density at radius 1 is 1.39 bits per heavy atom. The van der Waals surface area contributed by atoms with Gasteiger partial charge >= 0.3 is 6.09 Å². The average Bonchev–Trinajstić information content (AvgIpc) is 2.69. The van der Waals surface area contributed by atoms with Gasteiger partial charge < -0.3 is 20.1 Å². The molecule has 2 N–H and O–H groups in total. The molecule has 9 heteroatoms. The maximum absolute atomic E-state index is 11.9. The molecule has 0 radical (unpaired) electrons. The summed E-state index contributed by atoms with van der Waals surface area (Å²) >= 11 is 12.0. The van der Waals surface area contributed by atoms with Gasteiger partial charge in [0.2, 0.25) is 0 Å². The second-order valence-corrected chi connectivity index (χ2v) is 9.88. The first-order valence-corrected chi connectivity index (χ1v) is 12.1. The number of allylic oxidation sites excluding steroid dienone is 1. The van der Waals surface area contributed by atoms with Gasteiger partial charge in [0.1, 0.15) is 18.3 Å². The summed E-state index contributed by atoms with van der Waals surface area (Å²) in [5.41, 5.74) is 1.55. The quantitative estimate of drug-likeness (QED) is 0.414. The summed E-state index contributed by atoms with van der Waals surface area (Å²) in [7, 11) is 0. The lowest BCUT2D eigenvalue weighted by molar-refractivity contribution is 0.0318. The van der Waals surface area contributed by atoms with Crippen molar-refractivity contribution in [2.45, 2.75) is 65.1 Å². The van der Waals surface area contributed by atoms with E-state index in [-0.39, 0.29) is 18.7 Å². The fourth-order valence-corrected chi connectivity index (χ4v) is 3.93. The molecular formula is C24H34Cl2N4O3. The number of ether oxygens (including phenoxy) is 2. The monoisotopic (exact) mass is 496 g/mol. The van der Waals surface area contributed by atoms with Gasteiger partial charge in [0.05, 0.1) is 22.5 Å². The fourth-order valence-electron chi connectivity index (χ4n) is 3.58. The van der Waals surface area contributed by atoms with Crippen LogP contribution in [0.5, 0.6) is 5.75 Å². The summed E-state index contributed by atoms with van der Waals surface area (Å²) in [5, 5.41) is 16.0. The number of amides is 1. The first kappa shape index (κ1) is 27.1. The standard InChI is InChI=1S/C24H34Cl2N4O3/c1-6-20(30-14-19(15-30)29-23(31)33-24(3,4)5)8-7-16(2)28-18-11-17(13-27)22(21(26)12-18)32-10-9-25/h7,11-12,19-20,28H,6,8-10,14-15H2,1-5H3,(H,29,31)/b16-7+. The summed E-state index contributed by atoms with van der Waals surface area (Å²) in [6.45, 7) is 11.6. The Morgan fingerprint density at radius 3 is 2.67 bits per heavy atom. The maximum Gasteiger partial charge on any atom is 0.407 e. The van der Waals surface area contributed by atoms with Crippen LogP contribution in [-0.2, 0) is 4.74 Å². The number of nitrogens with zero attached hydrogens (tertiary/aromatic N) is 2. The van der Waals surface area contributed by atoms with Crippen LogP contribution in [0.2, 0.25) is 5.02 Å². The summed E-state index contributed by atoms with van der Waals surface area (Å²) < 4.78 is 10.8. The number of alkyl carbamates (subject to hydrolysis) is 1. The molecule has 1 aliphatic heterocycles. The summed E-state index contributed by atoms with van der Waals surface area (Å²) in [6, 6.07) is 6.07. The molecule has 1 aromatic carbocycles. The molecule has 182 valence electrons. The van der Waals surface area contributed by atoms with Crippen LogP contribution in [-0.4, -0.2) is 54.3 Å². The van der Waals surface area contributed by atoms with Crippen molar-refractivity contribution >= 4 is 35.0 Å². The number of anilines is 1. The molecule has 1 fully saturated rings. The molecule has 1 saturated heterocycles.